The molecule has 0 radical (unpaired) electrons. The van der Waals surface area contributed by atoms with Crippen LogP contribution in [-0.4, -0.2) is 23.4 Å². The van der Waals surface area contributed by atoms with Gasteiger partial charge in [-0.25, -0.2) is 0 Å². The Bertz CT molecular complexity index is 593. The Labute approximate surface area is 136 Å². The molecule has 112 valence electrons. The molecule has 0 aliphatic heterocycles. The maximum absolute atomic E-state index is 11.7. The molecule has 21 heavy (non-hydrogen) atoms. The van der Waals surface area contributed by atoms with Crippen LogP contribution in [0.4, 0.5) is 11.4 Å². The molecule has 9 heteroatoms. The first-order chi connectivity index (χ1) is 9.88. The van der Waals surface area contributed by atoms with Crippen molar-refractivity contribution in [1.82, 2.24) is 0 Å². The minimum absolute atomic E-state index is 0.0735. The van der Waals surface area contributed by atoms with Crippen LogP contribution in [0.3, 0.4) is 0 Å². The first-order valence-corrected chi connectivity index (χ1v) is 7.57. The zero-order chi connectivity index (χ0) is 15.6. The van der Waals surface area contributed by atoms with Gasteiger partial charge in [0.1, 0.15) is 0 Å². The molecular weight excluding hydrogens is 412 g/mol. The van der Waals surface area contributed by atoms with Crippen molar-refractivity contribution in [3.8, 4) is 0 Å². The number of hydrogen-bond acceptors (Lipinski definition) is 5. The van der Waals surface area contributed by atoms with E-state index in [0.717, 1.165) is 12.8 Å². The fourth-order valence-electron chi connectivity index (χ4n) is 1.53. The van der Waals surface area contributed by atoms with Crippen LogP contribution < -0.4 is 5.32 Å². The van der Waals surface area contributed by atoms with Gasteiger partial charge in [-0.3, -0.25) is 19.7 Å². The molecule has 1 fully saturated rings. The van der Waals surface area contributed by atoms with Gasteiger partial charge in [0.15, 0.2) is 6.61 Å². The molecule has 0 aromatic heterocycles. The molecule has 1 aliphatic carbocycles. The maximum Gasteiger partial charge on any atom is 0.309 e. The van der Waals surface area contributed by atoms with Gasteiger partial charge in [-0.05, 0) is 44.7 Å². The van der Waals surface area contributed by atoms with E-state index in [4.69, 9.17) is 4.74 Å². The molecule has 1 N–H and O–H groups in total. The maximum atomic E-state index is 11.7. The summed E-state index contributed by atoms with van der Waals surface area (Å²) in [7, 11) is 0. The van der Waals surface area contributed by atoms with Crippen molar-refractivity contribution < 1.29 is 19.2 Å². The number of rotatable bonds is 5. The van der Waals surface area contributed by atoms with Crippen LogP contribution in [0.5, 0.6) is 0 Å². The van der Waals surface area contributed by atoms with Crippen molar-refractivity contribution in [3.05, 3.63) is 31.2 Å². The van der Waals surface area contributed by atoms with Crippen LogP contribution in [0, 0.1) is 16.0 Å². The topological polar surface area (TPSA) is 98.5 Å². The van der Waals surface area contributed by atoms with Gasteiger partial charge in [0.2, 0.25) is 0 Å². The van der Waals surface area contributed by atoms with Crippen LogP contribution >= 0.6 is 31.9 Å². The van der Waals surface area contributed by atoms with Crippen molar-refractivity contribution in [2.45, 2.75) is 12.8 Å². The lowest BCUT2D eigenvalue weighted by atomic mass is 10.3. The van der Waals surface area contributed by atoms with Gasteiger partial charge in [-0.2, -0.15) is 0 Å². The Hall–Kier alpha value is -1.48. The molecule has 2 rings (SSSR count). The lowest BCUT2D eigenvalue weighted by Crippen LogP contribution is -2.21. The Morgan fingerprint density at radius 3 is 2.38 bits per heavy atom. The number of halogens is 2. The largest absolute Gasteiger partial charge is 0.455 e. The summed E-state index contributed by atoms with van der Waals surface area (Å²) in [6.07, 6.45) is 1.61. The zero-order valence-electron chi connectivity index (χ0n) is 10.6. The minimum Gasteiger partial charge on any atom is -0.455 e. The van der Waals surface area contributed by atoms with Crippen molar-refractivity contribution in [1.29, 1.82) is 0 Å². The number of non-ortho nitro benzene ring substituents is 1. The molecule has 1 aromatic carbocycles. The Balaban J connectivity index is 1.99. The van der Waals surface area contributed by atoms with Gasteiger partial charge in [-0.15, -0.1) is 0 Å². The Kier molecular flexibility index (Phi) is 4.94. The molecule has 0 atom stereocenters. The summed E-state index contributed by atoms with van der Waals surface area (Å²) in [6, 6.07) is 2.55. The molecule has 1 aromatic rings. The first kappa shape index (κ1) is 15.9. The Morgan fingerprint density at radius 1 is 1.33 bits per heavy atom. The highest BCUT2D eigenvalue weighted by Crippen LogP contribution is 2.35. The Morgan fingerprint density at radius 2 is 1.90 bits per heavy atom. The van der Waals surface area contributed by atoms with E-state index in [0.29, 0.717) is 14.6 Å². The standard InChI is InChI=1S/C12H10Br2N2O5/c13-8-3-7(16(19)20)4-9(14)11(8)15-10(17)5-21-12(18)6-1-2-6/h3-4,6H,1-2,5H2,(H,15,17). The van der Waals surface area contributed by atoms with Gasteiger partial charge < -0.3 is 10.1 Å². The molecule has 0 unspecified atom stereocenters. The number of ether oxygens (including phenoxy) is 1. The molecule has 0 spiro atoms. The summed E-state index contributed by atoms with van der Waals surface area (Å²) in [6.45, 7) is -0.384. The molecule has 1 amide bonds. The smallest absolute Gasteiger partial charge is 0.309 e. The fourth-order valence-corrected chi connectivity index (χ4v) is 2.89. The number of nitro benzene ring substituents is 1. The highest BCUT2D eigenvalue weighted by atomic mass is 79.9. The normalized spacial score (nSPS) is 13.6. The van der Waals surface area contributed by atoms with Gasteiger partial charge >= 0.3 is 5.97 Å². The van der Waals surface area contributed by atoms with E-state index >= 15 is 0 Å². The molecule has 1 saturated carbocycles. The summed E-state index contributed by atoms with van der Waals surface area (Å²) in [5, 5.41) is 13.2. The molecule has 0 heterocycles. The average Bonchev–Trinajstić information content (AvgIpc) is 3.24. The van der Waals surface area contributed by atoms with E-state index in [2.05, 4.69) is 37.2 Å². The van der Waals surface area contributed by atoms with E-state index in [9.17, 15) is 19.7 Å². The minimum atomic E-state index is -0.543. The number of amides is 1. The van der Waals surface area contributed by atoms with Gasteiger partial charge in [0.25, 0.3) is 11.6 Å². The lowest BCUT2D eigenvalue weighted by Gasteiger charge is -2.10. The van der Waals surface area contributed by atoms with Crippen LogP contribution in [0.25, 0.3) is 0 Å². The van der Waals surface area contributed by atoms with Crippen LogP contribution in [-0.2, 0) is 14.3 Å². The van der Waals surface area contributed by atoms with Gasteiger partial charge in [-0.1, -0.05) is 0 Å². The quantitative estimate of drug-likeness (QED) is 0.447. The third kappa shape index (κ3) is 4.24. The summed E-state index contributed by atoms with van der Waals surface area (Å²) in [5.74, 6) is -0.957. The van der Waals surface area contributed by atoms with Crippen LogP contribution in [0.2, 0.25) is 0 Å². The second-order valence-electron chi connectivity index (χ2n) is 4.47. The molecule has 7 nitrogen and oxygen atoms in total. The number of nitrogens with zero attached hydrogens (tertiary/aromatic N) is 1. The number of carbonyl (C=O) groups excluding carboxylic acids is 2. The molecular formula is C12H10Br2N2O5. The number of carbonyl (C=O) groups is 2. The molecule has 1 aliphatic rings. The van der Waals surface area contributed by atoms with Gasteiger partial charge in [0, 0.05) is 21.1 Å². The van der Waals surface area contributed by atoms with E-state index < -0.39 is 10.8 Å². The summed E-state index contributed by atoms with van der Waals surface area (Å²) in [5.41, 5.74) is 0.222. The predicted octanol–water partition coefficient (Wildman–Crippen LogP) is 3.01. The fraction of sp³-hybridized carbons (Fsp3) is 0.333. The summed E-state index contributed by atoms with van der Waals surface area (Å²) < 4.78 is 5.56. The van der Waals surface area contributed by atoms with E-state index in [1.54, 1.807) is 0 Å². The third-order valence-corrected chi connectivity index (χ3v) is 4.01. The van der Waals surface area contributed by atoms with Crippen molar-refractivity contribution in [2.75, 3.05) is 11.9 Å². The number of nitrogens with one attached hydrogen (secondary N) is 1. The van der Waals surface area contributed by atoms with E-state index in [1.165, 1.54) is 12.1 Å². The number of hydrogen-bond donors (Lipinski definition) is 1. The monoisotopic (exact) mass is 420 g/mol. The number of nitro groups is 1. The number of esters is 1. The first-order valence-electron chi connectivity index (χ1n) is 5.98. The highest BCUT2D eigenvalue weighted by molar-refractivity contribution is 9.11. The second kappa shape index (κ2) is 6.52. The lowest BCUT2D eigenvalue weighted by molar-refractivity contribution is -0.385. The highest BCUT2D eigenvalue weighted by Gasteiger charge is 2.31. The van der Waals surface area contributed by atoms with Crippen molar-refractivity contribution in [3.63, 3.8) is 0 Å². The zero-order valence-corrected chi connectivity index (χ0v) is 13.8. The van der Waals surface area contributed by atoms with Crippen molar-refractivity contribution >= 4 is 55.1 Å². The SMILES string of the molecule is O=C(COC(=O)C1CC1)Nc1c(Br)cc([N+](=O)[O-])cc1Br. The summed E-state index contributed by atoms with van der Waals surface area (Å²) in [4.78, 5) is 33.2. The predicted molar refractivity (Wildman–Crippen MR) is 80.8 cm³/mol. The van der Waals surface area contributed by atoms with Gasteiger partial charge in [0.05, 0.1) is 16.5 Å². The van der Waals surface area contributed by atoms with Crippen LogP contribution in [0.15, 0.2) is 21.1 Å². The molecule has 0 saturated heterocycles. The second-order valence-corrected chi connectivity index (χ2v) is 6.18. The number of benzene rings is 1. The van der Waals surface area contributed by atoms with Crippen molar-refractivity contribution in [2.24, 2.45) is 5.92 Å². The van der Waals surface area contributed by atoms with Crippen LogP contribution in [0.1, 0.15) is 12.8 Å². The summed E-state index contributed by atoms with van der Waals surface area (Å²) >= 11 is 6.30. The third-order valence-electron chi connectivity index (χ3n) is 2.76. The number of anilines is 1. The van der Waals surface area contributed by atoms with E-state index in [1.807, 2.05) is 0 Å². The molecule has 0 bridgehead atoms. The average molecular weight is 422 g/mol. The van der Waals surface area contributed by atoms with E-state index in [-0.39, 0.29) is 24.2 Å².